The van der Waals surface area contributed by atoms with Crippen molar-refractivity contribution in [2.24, 2.45) is 5.92 Å². The highest BCUT2D eigenvalue weighted by atomic mass is 16.1. The van der Waals surface area contributed by atoms with Crippen molar-refractivity contribution in [3.8, 4) is 0 Å². The van der Waals surface area contributed by atoms with E-state index >= 15 is 0 Å². The van der Waals surface area contributed by atoms with E-state index in [1.165, 1.54) is 11.1 Å². The summed E-state index contributed by atoms with van der Waals surface area (Å²) in [5.74, 6) is 0.377. The van der Waals surface area contributed by atoms with Gasteiger partial charge >= 0.3 is 0 Å². The minimum atomic E-state index is 0.0912. The lowest BCUT2D eigenvalue weighted by atomic mass is 9.81. The molecule has 1 unspecified atom stereocenters. The zero-order valence-electron chi connectivity index (χ0n) is 10.5. The van der Waals surface area contributed by atoms with Crippen LogP contribution in [0.2, 0.25) is 0 Å². The number of hydrogen-bond acceptors (Lipinski definition) is 2. The van der Waals surface area contributed by atoms with Crippen LogP contribution in [0.3, 0.4) is 0 Å². The first-order chi connectivity index (χ1) is 8.75. The lowest BCUT2D eigenvalue weighted by Crippen LogP contribution is -2.26. The average Bonchev–Trinajstić information content (AvgIpc) is 2.86. The number of aromatic nitrogens is 2. The molecule has 1 aromatic carbocycles. The third-order valence-corrected chi connectivity index (χ3v) is 3.78. The Morgan fingerprint density at radius 3 is 3.11 bits per heavy atom. The van der Waals surface area contributed by atoms with E-state index in [0.717, 1.165) is 24.9 Å². The summed E-state index contributed by atoms with van der Waals surface area (Å²) in [6.07, 6.45) is 7.39. The standard InChI is InChI=1S/C15H16N2O/c1-11-3-2-4-14-13(11)6-5-12(15(14)18)9-17-8-7-16-10-17/h2-4,7-8,10,12H,5-6,9H2,1H3. The van der Waals surface area contributed by atoms with Gasteiger partial charge in [0.25, 0.3) is 0 Å². The monoisotopic (exact) mass is 240 g/mol. The van der Waals surface area contributed by atoms with E-state index in [4.69, 9.17) is 0 Å². The molecule has 1 heterocycles. The summed E-state index contributed by atoms with van der Waals surface area (Å²) in [7, 11) is 0. The van der Waals surface area contributed by atoms with Crippen molar-refractivity contribution in [1.82, 2.24) is 9.55 Å². The number of nitrogens with zero attached hydrogens (tertiary/aromatic N) is 2. The number of Topliss-reactive ketones (excluding diaryl/α,β-unsaturated/α-hetero) is 1. The molecule has 3 heteroatoms. The molecule has 0 aliphatic heterocycles. The summed E-state index contributed by atoms with van der Waals surface area (Å²) in [6.45, 7) is 2.83. The van der Waals surface area contributed by atoms with Gasteiger partial charge in [0.1, 0.15) is 0 Å². The van der Waals surface area contributed by atoms with E-state index < -0.39 is 0 Å². The van der Waals surface area contributed by atoms with Gasteiger partial charge < -0.3 is 4.57 Å². The van der Waals surface area contributed by atoms with E-state index in [1.54, 1.807) is 12.5 Å². The predicted molar refractivity (Wildman–Crippen MR) is 69.5 cm³/mol. The van der Waals surface area contributed by atoms with Crippen LogP contribution in [-0.4, -0.2) is 15.3 Å². The Morgan fingerprint density at radius 1 is 1.44 bits per heavy atom. The normalized spacial score (nSPS) is 18.7. The largest absolute Gasteiger partial charge is 0.337 e. The van der Waals surface area contributed by atoms with E-state index in [2.05, 4.69) is 18.0 Å². The number of aryl methyl sites for hydroxylation is 1. The second kappa shape index (κ2) is 4.41. The fraction of sp³-hybridized carbons (Fsp3) is 0.333. The molecule has 92 valence electrons. The van der Waals surface area contributed by atoms with Crippen LogP contribution >= 0.6 is 0 Å². The topological polar surface area (TPSA) is 34.9 Å². The molecule has 1 aliphatic carbocycles. The van der Waals surface area contributed by atoms with Crippen LogP contribution < -0.4 is 0 Å². The highest BCUT2D eigenvalue weighted by Crippen LogP contribution is 2.28. The van der Waals surface area contributed by atoms with Crippen LogP contribution in [0.25, 0.3) is 0 Å². The van der Waals surface area contributed by atoms with Crippen molar-refractivity contribution in [3.05, 3.63) is 53.6 Å². The number of ketones is 1. The van der Waals surface area contributed by atoms with Crippen molar-refractivity contribution < 1.29 is 4.79 Å². The number of imidazole rings is 1. The van der Waals surface area contributed by atoms with Crippen LogP contribution in [0.1, 0.15) is 27.9 Å². The Morgan fingerprint density at radius 2 is 2.33 bits per heavy atom. The van der Waals surface area contributed by atoms with Gasteiger partial charge in [-0.05, 0) is 30.9 Å². The lowest BCUT2D eigenvalue weighted by Gasteiger charge is -2.24. The molecule has 0 radical (unpaired) electrons. The van der Waals surface area contributed by atoms with Crippen molar-refractivity contribution in [1.29, 1.82) is 0 Å². The second-order valence-corrected chi connectivity index (χ2v) is 4.96. The van der Waals surface area contributed by atoms with Crippen molar-refractivity contribution in [2.75, 3.05) is 0 Å². The van der Waals surface area contributed by atoms with Crippen molar-refractivity contribution >= 4 is 5.78 Å². The van der Waals surface area contributed by atoms with Crippen LogP contribution in [0, 0.1) is 12.8 Å². The molecule has 0 bridgehead atoms. The lowest BCUT2D eigenvalue weighted by molar-refractivity contribution is 0.0887. The minimum absolute atomic E-state index is 0.0912. The number of carbonyl (C=O) groups is 1. The SMILES string of the molecule is Cc1cccc2c1CCC(Cn1ccnc1)C2=O. The highest BCUT2D eigenvalue weighted by Gasteiger charge is 2.27. The van der Waals surface area contributed by atoms with E-state index in [0.29, 0.717) is 0 Å². The molecule has 0 saturated carbocycles. The van der Waals surface area contributed by atoms with Crippen LogP contribution in [0.15, 0.2) is 36.9 Å². The molecule has 0 fully saturated rings. The van der Waals surface area contributed by atoms with Gasteiger partial charge in [0.15, 0.2) is 5.78 Å². The maximum absolute atomic E-state index is 12.5. The van der Waals surface area contributed by atoms with Gasteiger partial charge in [-0.2, -0.15) is 0 Å². The van der Waals surface area contributed by atoms with E-state index in [1.807, 2.05) is 22.9 Å². The Kier molecular flexibility index (Phi) is 2.74. The molecule has 0 spiro atoms. The first-order valence-electron chi connectivity index (χ1n) is 6.34. The third-order valence-electron chi connectivity index (χ3n) is 3.78. The number of carbonyl (C=O) groups excluding carboxylic acids is 1. The first-order valence-corrected chi connectivity index (χ1v) is 6.34. The molecule has 2 aromatic rings. The number of hydrogen-bond donors (Lipinski definition) is 0. The van der Waals surface area contributed by atoms with Gasteiger partial charge in [0.05, 0.1) is 6.33 Å². The third kappa shape index (κ3) is 1.86. The van der Waals surface area contributed by atoms with Crippen LogP contribution in [-0.2, 0) is 13.0 Å². The van der Waals surface area contributed by atoms with Crippen LogP contribution in [0.5, 0.6) is 0 Å². The second-order valence-electron chi connectivity index (χ2n) is 4.96. The van der Waals surface area contributed by atoms with Crippen LogP contribution in [0.4, 0.5) is 0 Å². The molecule has 0 N–H and O–H groups in total. The Balaban J connectivity index is 1.88. The smallest absolute Gasteiger partial charge is 0.168 e. The zero-order chi connectivity index (χ0) is 12.5. The summed E-state index contributed by atoms with van der Waals surface area (Å²) >= 11 is 0. The molecule has 1 aliphatic rings. The van der Waals surface area contributed by atoms with Gasteiger partial charge in [0, 0.05) is 30.4 Å². The highest BCUT2D eigenvalue weighted by molar-refractivity contribution is 6.00. The maximum atomic E-state index is 12.5. The predicted octanol–water partition coefficient (Wildman–Crippen LogP) is 2.64. The zero-order valence-corrected chi connectivity index (χ0v) is 10.5. The molecule has 0 saturated heterocycles. The summed E-state index contributed by atoms with van der Waals surface area (Å²) in [4.78, 5) is 16.5. The molecule has 1 atom stereocenters. The van der Waals surface area contributed by atoms with Crippen molar-refractivity contribution in [2.45, 2.75) is 26.3 Å². The molecule has 1 aromatic heterocycles. The Labute approximate surface area is 106 Å². The van der Waals surface area contributed by atoms with E-state index in [-0.39, 0.29) is 11.7 Å². The Hall–Kier alpha value is -1.90. The van der Waals surface area contributed by atoms with Gasteiger partial charge in [-0.25, -0.2) is 4.98 Å². The summed E-state index contributed by atoms with van der Waals surface area (Å²) in [6, 6.07) is 6.03. The summed E-state index contributed by atoms with van der Waals surface area (Å²) in [5.41, 5.74) is 3.40. The molecular weight excluding hydrogens is 224 g/mol. The number of benzene rings is 1. The average molecular weight is 240 g/mol. The summed E-state index contributed by atoms with van der Waals surface area (Å²) < 4.78 is 1.99. The quantitative estimate of drug-likeness (QED) is 0.808. The molecule has 3 rings (SSSR count). The van der Waals surface area contributed by atoms with E-state index in [9.17, 15) is 4.79 Å². The Bertz CT molecular complexity index is 572. The number of rotatable bonds is 2. The van der Waals surface area contributed by atoms with Gasteiger partial charge in [-0.15, -0.1) is 0 Å². The minimum Gasteiger partial charge on any atom is -0.337 e. The fourth-order valence-electron chi connectivity index (χ4n) is 2.76. The van der Waals surface area contributed by atoms with Crippen molar-refractivity contribution in [3.63, 3.8) is 0 Å². The molecule has 0 amide bonds. The number of fused-ring (bicyclic) bond motifs is 1. The summed E-state index contributed by atoms with van der Waals surface area (Å²) in [5, 5.41) is 0. The van der Waals surface area contributed by atoms with Gasteiger partial charge in [-0.1, -0.05) is 18.2 Å². The molecule has 3 nitrogen and oxygen atoms in total. The first kappa shape index (κ1) is 11.2. The molecular formula is C15H16N2O. The maximum Gasteiger partial charge on any atom is 0.168 e. The van der Waals surface area contributed by atoms with Gasteiger partial charge in [0.2, 0.25) is 0 Å². The fourth-order valence-corrected chi connectivity index (χ4v) is 2.76. The van der Waals surface area contributed by atoms with Gasteiger partial charge in [-0.3, -0.25) is 4.79 Å². The molecule has 18 heavy (non-hydrogen) atoms.